The van der Waals surface area contributed by atoms with E-state index in [1.807, 2.05) is 0 Å². The first-order valence-corrected chi connectivity index (χ1v) is 4.60. The third kappa shape index (κ3) is 2.69. The van der Waals surface area contributed by atoms with Gasteiger partial charge in [-0.2, -0.15) is 22.0 Å². The van der Waals surface area contributed by atoms with Crippen LogP contribution >= 0.6 is 12.4 Å². The first-order valence-electron chi connectivity index (χ1n) is 4.60. The van der Waals surface area contributed by atoms with Crippen molar-refractivity contribution in [2.45, 2.75) is 18.6 Å². The third-order valence-corrected chi connectivity index (χ3v) is 2.49. The van der Waals surface area contributed by atoms with Crippen LogP contribution in [0.4, 0.5) is 22.0 Å². The van der Waals surface area contributed by atoms with Crippen molar-refractivity contribution in [1.82, 2.24) is 5.32 Å². The van der Waals surface area contributed by atoms with Crippen LogP contribution in [0.2, 0.25) is 0 Å². The van der Waals surface area contributed by atoms with Gasteiger partial charge in [0.1, 0.15) is 0 Å². The van der Waals surface area contributed by atoms with Gasteiger partial charge in [-0.1, -0.05) is 6.07 Å². The average Bonchev–Trinajstić information content (AvgIpc) is 2.15. The Morgan fingerprint density at radius 1 is 1.18 bits per heavy atom. The van der Waals surface area contributed by atoms with Crippen LogP contribution in [0.5, 0.6) is 0 Å². The lowest BCUT2D eigenvalue weighted by Gasteiger charge is -2.26. The van der Waals surface area contributed by atoms with Gasteiger partial charge in [-0.05, 0) is 17.7 Å². The maximum atomic E-state index is 13.3. The zero-order valence-corrected chi connectivity index (χ0v) is 9.26. The quantitative estimate of drug-likeness (QED) is 0.715. The van der Waals surface area contributed by atoms with E-state index in [9.17, 15) is 22.0 Å². The summed E-state index contributed by atoms with van der Waals surface area (Å²) in [5.74, 6) is -3.24. The van der Waals surface area contributed by atoms with Crippen molar-refractivity contribution in [2.24, 2.45) is 0 Å². The molecule has 1 aromatic rings. The molecule has 0 saturated heterocycles. The van der Waals surface area contributed by atoms with Crippen molar-refractivity contribution in [3.8, 4) is 0 Å². The second-order valence-electron chi connectivity index (χ2n) is 3.68. The Balaban J connectivity index is 0.00000144. The summed E-state index contributed by atoms with van der Waals surface area (Å²) in [5.41, 5.74) is -1.35. The SMILES string of the molecule is Cl.FC(F)(F)c1ccc2c(c1)C(F)(F)CNC2. The topological polar surface area (TPSA) is 12.0 Å². The first kappa shape index (κ1) is 14.2. The molecular weight excluding hydrogens is 265 g/mol. The van der Waals surface area contributed by atoms with E-state index >= 15 is 0 Å². The molecule has 0 atom stereocenters. The van der Waals surface area contributed by atoms with Crippen molar-refractivity contribution in [1.29, 1.82) is 0 Å². The number of fused-ring (bicyclic) bond motifs is 1. The number of benzene rings is 1. The summed E-state index contributed by atoms with van der Waals surface area (Å²) in [7, 11) is 0. The lowest BCUT2D eigenvalue weighted by Crippen LogP contribution is -2.37. The van der Waals surface area contributed by atoms with Crippen LogP contribution in [0.3, 0.4) is 0 Å². The van der Waals surface area contributed by atoms with Crippen molar-refractivity contribution in [3.63, 3.8) is 0 Å². The van der Waals surface area contributed by atoms with E-state index in [0.29, 0.717) is 6.07 Å². The minimum Gasteiger partial charge on any atom is -0.307 e. The van der Waals surface area contributed by atoms with Crippen LogP contribution < -0.4 is 5.32 Å². The molecule has 1 nitrogen and oxygen atoms in total. The molecular formula is C10H9ClF5N. The van der Waals surface area contributed by atoms with E-state index in [4.69, 9.17) is 0 Å². The summed E-state index contributed by atoms with van der Waals surface area (Å²) in [6.45, 7) is -0.454. The molecule has 0 aromatic heterocycles. The van der Waals surface area contributed by atoms with Crippen molar-refractivity contribution in [2.75, 3.05) is 6.54 Å². The molecule has 0 unspecified atom stereocenters. The summed E-state index contributed by atoms with van der Waals surface area (Å²) in [6.07, 6.45) is -4.59. The van der Waals surface area contributed by atoms with Crippen LogP contribution in [0, 0.1) is 0 Å². The first-order chi connectivity index (χ1) is 7.31. The van der Waals surface area contributed by atoms with Crippen molar-refractivity contribution in [3.05, 3.63) is 34.9 Å². The van der Waals surface area contributed by atoms with E-state index in [-0.39, 0.29) is 24.5 Å². The molecule has 96 valence electrons. The molecule has 7 heteroatoms. The van der Waals surface area contributed by atoms with E-state index < -0.39 is 29.8 Å². The number of rotatable bonds is 0. The Morgan fingerprint density at radius 3 is 2.41 bits per heavy atom. The Labute approximate surface area is 100 Å². The highest BCUT2D eigenvalue weighted by Crippen LogP contribution is 2.37. The van der Waals surface area contributed by atoms with Crippen LogP contribution in [0.1, 0.15) is 16.7 Å². The van der Waals surface area contributed by atoms with E-state index in [0.717, 1.165) is 12.1 Å². The zero-order valence-electron chi connectivity index (χ0n) is 8.44. The lowest BCUT2D eigenvalue weighted by molar-refractivity contribution is -0.137. The molecule has 0 bridgehead atoms. The van der Waals surface area contributed by atoms with Gasteiger partial charge in [0.15, 0.2) is 0 Å². The molecule has 0 saturated carbocycles. The van der Waals surface area contributed by atoms with Gasteiger partial charge in [0.25, 0.3) is 5.92 Å². The Bertz CT molecular complexity index is 416. The predicted molar refractivity (Wildman–Crippen MR) is 54.3 cm³/mol. The molecule has 1 heterocycles. The molecule has 0 fully saturated rings. The third-order valence-electron chi connectivity index (χ3n) is 2.49. The van der Waals surface area contributed by atoms with Gasteiger partial charge in [0, 0.05) is 12.1 Å². The van der Waals surface area contributed by atoms with E-state index in [2.05, 4.69) is 5.32 Å². The summed E-state index contributed by atoms with van der Waals surface area (Å²) in [4.78, 5) is 0. The van der Waals surface area contributed by atoms with Gasteiger partial charge in [-0.25, -0.2) is 0 Å². The average molecular weight is 274 g/mol. The normalized spacial score (nSPS) is 18.2. The van der Waals surface area contributed by atoms with E-state index in [1.165, 1.54) is 0 Å². The fourth-order valence-electron chi connectivity index (χ4n) is 1.70. The van der Waals surface area contributed by atoms with Crippen LogP contribution in [-0.2, 0) is 18.6 Å². The maximum absolute atomic E-state index is 13.3. The number of nitrogens with one attached hydrogen (secondary N) is 1. The molecule has 1 aromatic carbocycles. The molecule has 0 radical (unpaired) electrons. The van der Waals surface area contributed by atoms with Gasteiger partial charge in [0.05, 0.1) is 12.1 Å². The highest BCUT2D eigenvalue weighted by Gasteiger charge is 2.39. The predicted octanol–water partition coefficient (Wildman–Crippen LogP) is 3.32. The van der Waals surface area contributed by atoms with Gasteiger partial charge in [-0.3, -0.25) is 0 Å². The minimum atomic E-state index is -4.59. The molecule has 1 aliphatic heterocycles. The second-order valence-corrected chi connectivity index (χ2v) is 3.68. The standard InChI is InChI=1S/C10H8F5N.ClH/c11-9(12)5-16-4-6-1-2-7(3-8(6)9)10(13,14)15;/h1-3,16H,4-5H2;1H. The molecule has 0 spiro atoms. The van der Waals surface area contributed by atoms with Crippen molar-refractivity contribution < 1.29 is 22.0 Å². The molecule has 1 N–H and O–H groups in total. The van der Waals surface area contributed by atoms with Crippen LogP contribution in [-0.4, -0.2) is 6.54 Å². The van der Waals surface area contributed by atoms with Gasteiger partial charge in [0.2, 0.25) is 0 Å². The molecule has 2 rings (SSSR count). The van der Waals surface area contributed by atoms with Gasteiger partial charge < -0.3 is 5.32 Å². The zero-order chi connectivity index (χ0) is 12.0. The van der Waals surface area contributed by atoms with Gasteiger partial charge in [-0.15, -0.1) is 12.4 Å². The lowest BCUT2D eigenvalue weighted by atomic mass is 9.95. The fourth-order valence-corrected chi connectivity index (χ4v) is 1.70. The smallest absolute Gasteiger partial charge is 0.307 e. The van der Waals surface area contributed by atoms with Crippen LogP contribution in [0.25, 0.3) is 0 Å². The summed E-state index contributed by atoms with van der Waals surface area (Å²) >= 11 is 0. The Hall–Kier alpha value is -0.880. The Kier molecular flexibility index (Phi) is 3.69. The second kappa shape index (κ2) is 4.42. The van der Waals surface area contributed by atoms with Gasteiger partial charge >= 0.3 is 6.18 Å². The number of hydrogen-bond donors (Lipinski definition) is 1. The maximum Gasteiger partial charge on any atom is 0.416 e. The Morgan fingerprint density at radius 2 is 1.82 bits per heavy atom. The summed E-state index contributed by atoms with van der Waals surface area (Å²) in [6, 6.07) is 2.45. The minimum absolute atomic E-state index is 0. The van der Waals surface area contributed by atoms with E-state index in [1.54, 1.807) is 0 Å². The summed E-state index contributed by atoms with van der Waals surface area (Å²) in [5, 5.41) is 2.46. The van der Waals surface area contributed by atoms with Crippen molar-refractivity contribution >= 4 is 12.4 Å². The van der Waals surface area contributed by atoms with Crippen LogP contribution in [0.15, 0.2) is 18.2 Å². The molecule has 0 aliphatic carbocycles. The molecule has 17 heavy (non-hydrogen) atoms. The number of alkyl halides is 5. The largest absolute Gasteiger partial charge is 0.416 e. The summed E-state index contributed by atoms with van der Waals surface area (Å²) < 4.78 is 63.7. The number of hydrogen-bond acceptors (Lipinski definition) is 1. The highest BCUT2D eigenvalue weighted by atomic mass is 35.5. The molecule has 0 amide bonds. The highest BCUT2D eigenvalue weighted by molar-refractivity contribution is 5.85. The number of halogens is 6. The monoisotopic (exact) mass is 273 g/mol. The fraction of sp³-hybridized carbons (Fsp3) is 0.400. The molecule has 1 aliphatic rings.